The van der Waals surface area contributed by atoms with Gasteiger partial charge in [-0.1, -0.05) is 0 Å². The highest BCUT2D eigenvalue weighted by molar-refractivity contribution is 6.28. The lowest BCUT2D eigenvalue weighted by Crippen LogP contribution is -2.38. The predicted molar refractivity (Wildman–Crippen MR) is 66.9 cm³/mol. The van der Waals surface area contributed by atoms with E-state index in [1.165, 1.54) is 31.6 Å². The Bertz CT molecular complexity index is 351. The van der Waals surface area contributed by atoms with Gasteiger partial charge in [0.25, 0.3) is 0 Å². The monoisotopic (exact) mass is 241 g/mol. The van der Waals surface area contributed by atoms with E-state index in [1.807, 2.05) is 17.8 Å². The fourth-order valence-corrected chi connectivity index (χ4v) is 2.64. The number of imidazole rings is 1. The van der Waals surface area contributed by atoms with Crippen molar-refractivity contribution in [2.24, 2.45) is 7.05 Å². The second-order valence-electron chi connectivity index (χ2n) is 4.92. The molecule has 0 amide bonds. The van der Waals surface area contributed by atoms with Crippen LogP contribution in [0.5, 0.6) is 0 Å². The molecule has 1 aliphatic rings. The van der Waals surface area contributed by atoms with Gasteiger partial charge in [0, 0.05) is 24.7 Å². The van der Waals surface area contributed by atoms with Gasteiger partial charge < -0.3 is 9.47 Å². The molecule has 2 heterocycles. The van der Waals surface area contributed by atoms with E-state index in [2.05, 4.69) is 23.7 Å². The van der Waals surface area contributed by atoms with Crippen molar-refractivity contribution >= 4 is 11.6 Å². The topological polar surface area (TPSA) is 21.1 Å². The van der Waals surface area contributed by atoms with E-state index in [0.29, 0.717) is 17.2 Å². The highest BCUT2D eigenvalue weighted by atomic mass is 35.5. The minimum absolute atomic E-state index is 0.598. The van der Waals surface area contributed by atoms with Crippen molar-refractivity contribution < 1.29 is 0 Å². The summed E-state index contributed by atoms with van der Waals surface area (Å²) in [6.07, 6.45) is 4.36. The van der Waals surface area contributed by atoms with Crippen molar-refractivity contribution in [1.82, 2.24) is 14.5 Å². The molecule has 1 aromatic heterocycles. The number of nitrogens with zero attached hydrogens (tertiary/aromatic N) is 3. The fourth-order valence-electron chi connectivity index (χ4n) is 2.49. The van der Waals surface area contributed by atoms with Crippen molar-refractivity contribution in [3.63, 3.8) is 0 Å². The minimum atomic E-state index is 0.598. The summed E-state index contributed by atoms with van der Waals surface area (Å²) in [7, 11) is 2.00. The van der Waals surface area contributed by atoms with Gasteiger partial charge in [0.05, 0.1) is 6.20 Å². The van der Waals surface area contributed by atoms with Crippen LogP contribution in [0.15, 0.2) is 6.20 Å². The van der Waals surface area contributed by atoms with Gasteiger partial charge in [0.15, 0.2) is 0 Å². The van der Waals surface area contributed by atoms with Gasteiger partial charge in [-0.25, -0.2) is 4.98 Å². The van der Waals surface area contributed by atoms with Crippen LogP contribution in [0, 0.1) is 0 Å². The zero-order chi connectivity index (χ0) is 11.7. The number of hydrogen-bond donors (Lipinski definition) is 0. The molecule has 0 saturated carbocycles. The Labute approximate surface area is 102 Å². The van der Waals surface area contributed by atoms with E-state index in [0.717, 1.165) is 0 Å². The Morgan fingerprint density at radius 2 is 2.00 bits per heavy atom. The molecule has 0 spiro atoms. The minimum Gasteiger partial charge on any atom is -0.322 e. The maximum absolute atomic E-state index is 5.97. The third-order valence-corrected chi connectivity index (χ3v) is 4.00. The summed E-state index contributed by atoms with van der Waals surface area (Å²) >= 11 is 5.97. The largest absolute Gasteiger partial charge is 0.322 e. The average molecular weight is 242 g/mol. The molecule has 0 N–H and O–H groups in total. The maximum atomic E-state index is 5.97. The first-order chi connectivity index (χ1) is 7.59. The van der Waals surface area contributed by atoms with E-state index < -0.39 is 0 Å². The zero-order valence-corrected chi connectivity index (χ0v) is 11.0. The third-order valence-electron chi connectivity index (χ3n) is 3.65. The molecule has 16 heavy (non-hydrogen) atoms. The number of rotatable bonds is 2. The van der Waals surface area contributed by atoms with Gasteiger partial charge >= 0.3 is 0 Å². The van der Waals surface area contributed by atoms with E-state index in [9.17, 15) is 0 Å². The highest BCUT2D eigenvalue weighted by Crippen LogP contribution is 2.29. The summed E-state index contributed by atoms with van der Waals surface area (Å²) in [4.78, 5) is 6.70. The summed E-state index contributed by atoms with van der Waals surface area (Å²) in [5, 5.41) is 0.598. The number of hydrogen-bond acceptors (Lipinski definition) is 2. The summed E-state index contributed by atoms with van der Waals surface area (Å²) in [5.41, 5.74) is 1.29. The first-order valence-corrected chi connectivity index (χ1v) is 6.38. The van der Waals surface area contributed by atoms with Gasteiger partial charge in [-0.3, -0.25) is 0 Å². The van der Waals surface area contributed by atoms with Gasteiger partial charge in [-0.05, 0) is 51.4 Å². The molecule has 0 bridgehead atoms. The Morgan fingerprint density at radius 1 is 1.38 bits per heavy atom. The molecule has 90 valence electrons. The molecule has 3 nitrogen and oxygen atoms in total. The predicted octanol–water partition coefficient (Wildman–Crippen LogP) is 2.66. The van der Waals surface area contributed by atoms with Crippen LogP contribution in [-0.4, -0.2) is 33.6 Å². The van der Waals surface area contributed by atoms with Crippen molar-refractivity contribution in [3.8, 4) is 0 Å². The molecule has 4 heteroatoms. The molecule has 0 atom stereocenters. The van der Waals surface area contributed by atoms with E-state index in [4.69, 9.17) is 11.6 Å². The molecule has 0 unspecified atom stereocenters. The normalized spacial score (nSPS) is 19.6. The Morgan fingerprint density at radius 3 is 2.44 bits per heavy atom. The SMILES string of the molecule is CC(C)N1CCC(c2cnc(Cl)n2C)CC1. The number of halogens is 1. The third kappa shape index (κ3) is 2.25. The lowest BCUT2D eigenvalue weighted by molar-refractivity contribution is 0.170. The van der Waals surface area contributed by atoms with E-state index >= 15 is 0 Å². The van der Waals surface area contributed by atoms with Crippen molar-refractivity contribution in [3.05, 3.63) is 17.2 Å². The smallest absolute Gasteiger partial charge is 0.202 e. The maximum Gasteiger partial charge on any atom is 0.202 e. The second kappa shape index (κ2) is 4.76. The number of aromatic nitrogens is 2. The van der Waals surface area contributed by atoms with Gasteiger partial charge in [0.2, 0.25) is 5.28 Å². The lowest BCUT2D eigenvalue weighted by Gasteiger charge is -2.34. The molecule has 1 aliphatic heterocycles. The van der Waals surface area contributed by atoms with Crippen molar-refractivity contribution in [1.29, 1.82) is 0 Å². The molecule has 1 fully saturated rings. The van der Waals surface area contributed by atoms with Gasteiger partial charge in [0.1, 0.15) is 0 Å². The van der Waals surface area contributed by atoms with Crippen LogP contribution in [0.1, 0.15) is 38.3 Å². The first-order valence-electron chi connectivity index (χ1n) is 6.00. The summed E-state index contributed by atoms with van der Waals surface area (Å²) in [6.45, 7) is 6.90. The van der Waals surface area contributed by atoms with Crippen LogP contribution >= 0.6 is 11.6 Å². The van der Waals surface area contributed by atoms with Crippen molar-refractivity contribution in [2.45, 2.75) is 38.6 Å². The fraction of sp³-hybridized carbons (Fsp3) is 0.750. The van der Waals surface area contributed by atoms with Crippen LogP contribution in [-0.2, 0) is 7.05 Å². The second-order valence-corrected chi connectivity index (χ2v) is 5.25. The van der Waals surface area contributed by atoms with Crippen molar-refractivity contribution in [2.75, 3.05) is 13.1 Å². The molecule has 1 saturated heterocycles. The lowest BCUT2D eigenvalue weighted by atomic mass is 9.93. The summed E-state index contributed by atoms with van der Waals surface area (Å²) in [6, 6.07) is 0.663. The highest BCUT2D eigenvalue weighted by Gasteiger charge is 2.24. The Balaban J connectivity index is 2.02. The summed E-state index contributed by atoms with van der Waals surface area (Å²) in [5.74, 6) is 0.625. The molecule has 0 radical (unpaired) electrons. The van der Waals surface area contributed by atoms with E-state index in [1.54, 1.807) is 0 Å². The van der Waals surface area contributed by atoms with Crippen LogP contribution in [0.2, 0.25) is 5.28 Å². The standard InChI is InChI=1S/C12H20ClN3/c1-9(2)16-6-4-10(5-7-16)11-8-14-12(13)15(11)3/h8-10H,4-7H2,1-3H3. The average Bonchev–Trinajstić information content (AvgIpc) is 2.60. The van der Waals surface area contributed by atoms with Crippen LogP contribution in [0.3, 0.4) is 0 Å². The quantitative estimate of drug-likeness (QED) is 0.794. The van der Waals surface area contributed by atoms with E-state index in [-0.39, 0.29) is 0 Å². The Kier molecular flexibility index (Phi) is 3.55. The van der Waals surface area contributed by atoms with Crippen LogP contribution in [0.4, 0.5) is 0 Å². The van der Waals surface area contributed by atoms with Crippen LogP contribution < -0.4 is 0 Å². The molecular weight excluding hydrogens is 222 g/mol. The van der Waals surface area contributed by atoms with Gasteiger partial charge in [-0.2, -0.15) is 0 Å². The molecule has 1 aromatic rings. The van der Waals surface area contributed by atoms with Crippen LogP contribution in [0.25, 0.3) is 0 Å². The Hall–Kier alpha value is -0.540. The summed E-state index contributed by atoms with van der Waals surface area (Å²) < 4.78 is 2.01. The zero-order valence-electron chi connectivity index (χ0n) is 10.3. The molecular formula is C12H20ClN3. The van der Waals surface area contributed by atoms with Gasteiger partial charge in [-0.15, -0.1) is 0 Å². The number of likely N-dealkylation sites (tertiary alicyclic amines) is 1. The molecule has 0 aromatic carbocycles. The number of piperidine rings is 1. The molecule has 0 aliphatic carbocycles. The molecule has 2 rings (SSSR count). The first kappa shape index (κ1) is 11.9.